The standard InChI is InChI=1S/C22H24ClFN4S/c1-15-20(22(29)26-27-13-5-2-6-14-27)25-28(19-8-4-3-7-18(19)23)21(15)16-9-11-17(24)12-10-16/h3-4,7-12,15,21H,2,5-6,13-14H2,1H3,(H,26,29)/t15-,21-/m0/s1. The maximum absolute atomic E-state index is 13.5. The molecule has 2 aliphatic heterocycles. The van der Waals surface area contributed by atoms with Gasteiger partial charge in [-0.3, -0.25) is 5.01 Å². The second-order valence-corrected chi connectivity index (χ2v) is 8.37. The molecule has 29 heavy (non-hydrogen) atoms. The summed E-state index contributed by atoms with van der Waals surface area (Å²) in [6, 6.07) is 14.1. The molecule has 4 nitrogen and oxygen atoms in total. The number of nitrogens with zero attached hydrogens (tertiary/aromatic N) is 3. The molecule has 4 rings (SSSR count). The molecule has 2 aliphatic rings. The predicted molar refractivity (Wildman–Crippen MR) is 121 cm³/mol. The predicted octanol–water partition coefficient (Wildman–Crippen LogP) is 5.35. The van der Waals surface area contributed by atoms with Crippen LogP contribution in [0.2, 0.25) is 5.02 Å². The van der Waals surface area contributed by atoms with E-state index in [9.17, 15) is 4.39 Å². The van der Waals surface area contributed by atoms with E-state index in [1.54, 1.807) is 12.1 Å². The van der Waals surface area contributed by atoms with E-state index in [1.807, 2.05) is 29.3 Å². The number of hydrazone groups is 1. The van der Waals surface area contributed by atoms with Crippen molar-refractivity contribution >= 4 is 40.2 Å². The van der Waals surface area contributed by atoms with E-state index in [2.05, 4.69) is 17.4 Å². The molecule has 7 heteroatoms. The van der Waals surface area contributed by atoms with Crippen LogP contribution in [0.15, 0.2) is 53.6 Å². The molecule has 2 aromatic rings. The summed E-state index contributed by atoms with van der Waals surface area (Å²) in [6.07, 6.45) is 3.60. The van der Waals surface area contributed by atoms with Gasteiger partial charge in [-0.2, -0.15) is 5.10 Å². The monoisotopic (exact) mass is 430 g/mol. The minimum atomic E-state index is -0.257. The first-order chi connectivity index (χ1) is 14.0. The van der Waals surface area contributed by atoms with Crippen LogP contribution in [0.4, 0.5) is 10.1 Å². The third-order valence-electron chi connectivity index (χ3n) is 5.54. The third kappa shape index (κ3) is 4.29. The molecule has 0 saturated carbocycles. The molecule has 1 fully saturated rings. The molecular formula is C22H24ClFN4S. The lowest BCUT2D eigenvalue weighted by Crippen LogP contribution is -2.47. The van der Waals surface area contributed by atoms with Crippen LogP contribution in [0.5, 0.6) is 0 Å². The van der Waals surface area contributed by atoms with E-state index in [4.69, 9.17) is 28.9 Å². The maximum atomic E-state index is 13.5. The number of para-hydroxylation sites is 1. The van der Waals surface area contributed by atoms with Crippen molar-refractivity contribution in [3.05, 3.63) is 64.9 Å². The van der Waals surface area contributed by atoms with E-state index >= 15 is 0 Å². The second-order valence-electron chi connectivity index (χ2n) is 7.55. The topological polar surface area (TPSA) is 30.9 Å². The van der Waals surface area contributed by atoms with Gasteiger partial charge in [-0.25, -0.2) is 9.40 Å². The molecule has 152 valence electrons. The molecule has 2 aromatic carbocycles. The van der Waals surface area contributed by atoms with Gasteiger partial charge < -0.3 is 5.43 Å². The summed E-state index contributed by atoms with van der Waals surface area (Å²) in [6.45, 7) is 4.07. The average molecular weight is 431 g/mol. The van der Waals surface area contributed by atoms with Crippen LogP contribution in [0.25, 0.3) is 0 Å². The lowest BCUT2D eigenvalue weighted by Gasteiger charge is -2.29. The number of nitrogens with one attached hydrogen (secondary N) is 1. The average Bonchev–Trinajstić information content (AvgIpc) is 3.07. The SMILES string of the molecule is C[C@H]1C(C(=S)NN2CCCCC2)=NN(c2ccccc2Cl)[C@@H]1c1ccc(F)cc1. The fraction of sp³-hybridized carbons (Fsp3) is 0.364. The smallest absolute Gasteiger partial charge is 0.137 e. The van der Waals surface area contributed by atoms with Crippen molar-refractivity contribution in [1.29, 1.82) is 0 Å². The maximum Gasteiger partial charge on any atom is 0.137 e. The van der Waals surface area contributed by atoms with Crippen molar-refractivity contribution in [3.63, 3.8) is 0 Å². The van der Waals surface area contributed by atoms with Crippen molar-refractivity contribution in [1.82, 2.24) is 10.4 Å². The number of halogens is 2. The summed E-state index contributed by atoms with van der Waals surface area (Å²) in [5, 5.41) is 9.59. The fourth-order valence-electron chi connectivity index (χ4n) is 4.02. The van der Waals surface area contributed by atoms with E-state index in [-0.39, 0.29) is 17.8 Å². The molecule has 0 unspecified atom stereocenters. The highest BCUT2D eigenvalue weighted by Crippen LogP contribution is 2.41. The van der Waals surface area contributed by atoms with Gasteiger partial charge in [0.05, 0.1) is 16.8 Å². The Morgan fingerprint density at radius 2 is 1.79 bits per heavy atom. The second kappa shape index (κ2) is 8.78. The fourth-order valence-corrected chi connectivity index (χ4v) is 4.60. The van der Waals surface area contributed by atoms with E-state index in [0.29, 0.717) is 10.0 Å². The van der Waals surface area contributed by atoms with Gasteiger partial charge in [0.1, 0.15) is 16.5 Å². The van der Waals surface area contributed by atoms with Crippen LogP contribution < -0.4 is 10.4 Å². The Bertz CT molecular complexity index is 911. The zero-order chi connectivity index (χ0) is 20.4. The minimum Gasteiger partial charge on any atom is -0.308 e. The van der Waals surface area contributed by atoms with Gasteiger partial charge in [-0.05, 0) is 42.7 Å². The molecular weight excluding hydrogens is 407 g/mol. The van der Waals surface area contributed by atoms with Gasteiger partial charge in [0.15, 0.2) is 0 Å². The quantitative estimate of drug-likeness (QED) is 0.662. The number of thiocarbonyl (C=S) groups is 1. The van der Waals surface area contributed by atoms with Crippen LogP contribution in [-0.2, 0) is 0 Å². The lowest BCUT2D eigenvalue weighted by molar-refractivity contribution is 0.197. The molecule has 2 atom stereocenters. The van der Waals surface area contributed by atoms with Gasteiger partial charge in [0.25, 0.3) is 0 Å². The normalized spacial score (nSPS) is 22.4. The minimum absolute atomic E-state index is 0.0153. The van der Waals surface area contributed by atoms with E-state index < -0.39 is 0 Å². The highest BCUT2D eigenvalue weighted by atomic mass is 35.5. The number of rotatable bonds is 4. The van der Waals surface area contributed by atoms with Crippen molar-refractivity contribution in [3.8, 4) is 0 Å². The van der Waals surface area contributed by atoms with Crippen LogP contribution in [-0.4, -0.2) is 28.8 Å². The zero-order valence-electron chi connectivity index (χ0n) is 16.3. The van der Waals surface area contributed by atoms with Gasteiger partial charge >= 0.3 is 0 Å². The Hall–Kier alpha value is -2.02. The van der Waals surface area contributed by atoms with Gasteiger partial charge in [-0.1, -0.05) is 61.4 Å². The molecule has 0 aromatic heterocycles. The third-order valence-corrected chi connectivity index (χ3v) is 6.16. The Morgan fingerprint density at radius 3 is 2.48 bits per heavy atom. The van der Waals surface area contributed by atoms with Crippen molar-refractivity contribution in [2.24, 2.45) is 11.0 Å². The summed E-state index contributed by atoms with van der Waals surface area (Å²) < 4.78 is 13.5. The largest absolute Gasteiger partial charge is 0.308 e. The summed E-state index contributed by atoms with van der Waals surface area (Å²) in [4.78, 5) is 0.640. The number of hydrogen-bond donors (Lipinski definition) is 1. The van der Waals surface area contributed by atoms with Gasteiger partial charge in [0, 0.05) is 19.0 Å². The number of benzene rings is 2. The Morgan fingerprint density at radius 1 is 1.10 bits per heavy atom. The number of anilines is 1. The molecule has 1 N–H and O–H groups in total. The van der Waals surface area contributed by atoms with Crippen molar-refractivity contribution in [2.75, 3.05) is 18.1 Å². The van der Waals surface area contributed by atoms with Crippen LogP contribution in [0.1, 0.15) is 37.8 Å². The molecule has 0 aliphatic carbocycles. The van der Waals surface area contributed by atoms with Gasteiger partial charge in [-0.15, -0.1) is 0 Å². The first-order valence-electron chi connectivity index (χ1n) is 9.98. The van der Waals surface area contributed by atoms with E-state index in [0.717, 1.165) is 30.1 Å². The zero-order valence-corrected chi connectivity index (χ0v) is 17.9. The number of hydrogen-bond acceptors (Lipinski definition) is 4. The van der Waals surface area contributed by atoms with Crippen LogP contribution in [0, 0.1) is 11.7 Å². The van der Waals surface area contributed by atoms with E-state index in [1.165, 1.54) is 31.4 Å². The first kappa shape index (κ1) is 20.3. The van der Waals surface area contributed by atoms with Crippen LogP contribution >= 0.6 is 23.8 Å². The van der Waals surface area contributed by atoms with Gasteiger partial charge in [0.2, 0.25) is 0 Å². The summed E-state index contributed by atoms with van der Waals surface area (Å²) in [7, 11) is 0. The summed E-state index contributed by atoms with van der Waals surface area (Å²) >= 11 is 12.2. The molecule has 0 amide bonds. The molecule has 1 saturated heterocycles. The molecule has 0 bridgehead atoms. The number of piperidine rings is 1. The highest BCUT2D eigenvalue weighted by molar-refractivity contribution is 7.82. The summed E-state index contributed by atoms with van der Waals surface area (Å²) in [5.41, 5.74) is 5.97. The molecule has 0 radical (unpaired) electrons. The first-order valence-corrected chi connectivity index (χ1v) is 10.8. The lowest BCUT2D eigenvalue weighted by atomic mass is 9.91. The van der Waals surface area contributed by atoms with Crippen LogP contribution in [0.3, 0.4) is 0 Å². The summed E-state index contributed by atoms with van der Waals surface area (Å²) in [5.74, 6) is -0.242. The molecule has 0 spiro atoms. The van der Waals surface area contributed by atoms with Crippen molar-refractivity contribution in [2.45, 2.75) is 32.2 Å². The Labute approximate surface area is 181 Å². The Balaban J connectivity index is 1.66. The highest BCUT2D eigenvalue weighted by Gasteiger charge is 2.39. The Kier molecular flexibility index (Phi) is 6.13. The number of hydrazine groups is 1. The molecule has 2 heterocycles. The van der Waals surface area contributed by atoms with Crippen molar-refractivity contribution < 1.29 is 4.39 Å².